The van der Waals surface area contributed by atoms with Crippen LogP contribution in [0.5, 0.6) is 5.75 Å². The molecule has 3 rings (SSSR count). The van der Waals surface area contributed by atoms with Crippen LogP contribution >= 0.6 is 0 Å². The molecule has 2 aliphatic heterocycles. The van der Waals surface area contributed by atoms with Crippen molar-refractivity contribution in [2.75, 3.05) is 26.2 Å². The third kappa shape index (κ3) is 4.74. The monoisotopic (exact) mass is 344 g/mol. The maximum atomic E-state index is 12.5. The van der Waals surface area contributed by atoms with Crippen molar-refractivity contribution < 1.29 is 14.3 Å². The van der Waals surface area contributed by atoms with Gasteiger partial charge in [-0.25, -0.2) is 0 Å². The van der Waals surface area contributed by atoms with Crippen LogP contribution in [-0.2, 0) is 22.6 Å². The van der Waals surface area contributed by atoms with Gasteiger partial charge in [0.1, 0.15) is 12.4 Å². The van der Waals surface area contributed by atoms with Crippen LogP contribution in [-0.4, -0.2) is 47.9 Å². The second-order valence-electron chi connectivity index (χ2n) is 7.03. The molecule has 136 valence electrons. The van der Waals surface area contributed by atoms with E-state index in [2.05, 4.69) is 6.07 Å². The van der Waals surface area contributed by atoms with Gasteiger partial charge in [0.25, 0.3) is 0 Å². The van der Waals surface area contributed by atoms with Gasteiger partial charge in [0, 0.05) is 38.5 Å². The Bertz CT molecular complexity index is 621. The number of ether oxygens (including phenoxy) is 1. The molecule has 0 spiro atoms. The Morgan fingerprint density at radius 1 is 1.04 bits per heavy atom. The Morgan fingerprint density at radius 3 is 2.52 bits per heavy atom. The van der Waals surface area contributed by atoms with Gasteiger partial charge < -0.3 is 14.5 Å². The smallest absolute Gasteiger partial charge is 0.222 e. The molecule has 1 saturated heterocycles. The predicted molar refractivity (Wildman–Crippen MR) is 96.4 cm³/mol. The van der Waals surface area contributed by atoms with Crippen molar-refractivity contribution >= 4 is 11.8 Å². The number of nitrogens with zero attached hydrogens (tertiary/aromatic N) is 2. The van der Waals surface area contributed by atoms with E-state index in [0.717, 1.165) is 49.2 Å². The van der Waals surface area contributed by atoms with Gasteiger partial charge in [0.2, 0.25) is 11.8 Å². The molecule has 1 fully saturated rings. The lowest BCUT2D eigenvalue weighted by Gasteiger charge is -2.20. The fourth-order valence-corrected chi connectivity index (χ4v) is 3.60. The van der Waals surface area contributed by atoms with Crippen LogP contribution in [0.15, 0.2) is 18.2 Å². The molecule has 1 aromatic carbocycles. The van der Waals surface area contributed by atoms with Gasteiger partial charge in [-0.15, -0.1) is 0 Å². The second kappa shape index (κ2) is 8.37. The summed E-state index contributed by atoms with van der Waals surface area (Å²) < 4.78 is 5.75. The topological polar surface area (TPSA) is 49.9 Å². The first-order chi connectivity index (χ1) is 12.1. The van der Waals surface area contributed by atoms with E-state index in [9.17, 15) is 9.59 Å². The number of aryl methyl sites for hydroxylation is 1. The summed E-state index contributed by atoms with van der Waals surface area (Å²) in [5.74, 6) is 1.18. The number of likely N-dealkylation sites (tertiary alicyclic amines) is 1. The molecule has 2 amide bonds. The Morgan fingerprint density at radius 2 is 1.80 bits per heavy atom. The Labute approximate surface area is 149 Å². The van der Waals surface area contributed by atoms with Gasteiger partial charge in [-0.1, -0.05) is 25.0 Å². The van der Waals surface area contributed by atoms with E-state index in [1.165, 1.54) is 12.8 Å². The number of amides is 2. The molecule has 0 bridgehead atoms. The van der Waals surface area contributed by atoms with Crippen molar-refractivity contribution in [3.63, 3.8) is 0 Å². The third-order valence-electron chi connectivity index (χ3n) is 5.14. The van der Waals surface area contributed by atoms with E-state index in [1.54, 1.807) is 11.8 Å². The van der Waals surface area contributed by atoms with Crippen molar-refractivity contribution in [2.24, 2.45) is 0 Å². The summed E-state index contributed by atoms with van der Waals surface area (Å²) in [7, 11) is 0. The summed E-state index contributed by atoms with van der Waals surface area (Å²) in [6.45, 7) is 5.13. The molecule has 5 heteroatoms. The molecule has 0 aromatic heterocycles. The van der Waals surface area contributed by atoms with Crippen LogP contribution < -0.4 is 4.74 Å². The van der Waals surface area contributed by atoms with Gasteiger partial charge in [0.05, 0.1) is 6.54 Å². The van der Waals surface area contributed by atoms with E-state index in [-0.39, 0.29) is 11.8 Å². The lowest BCUT2D eigenvalue weighted by molar-refractivity contribution is -0.131. The first-order valence-corrected chi connectivity index (χ1v) is 9.41. The number of carbonyl (C=O) groups excluding carboxylic acids is 2. The maximum Gasteiger partial charge on any atom is 0.222 e. The van der Waals surface area contributed by atoms with Crippen molar-refractivity contribution in [1.29, 1.82) is 0 Å². The average molecular weight is 344 g/mol. The fourth-order valence-electron chi connectivity index (χ4n) is 3.60. The summed E-state index contributed by atoms with van der Waals surface area (Å²) in [6.07, 6.45) is 6.02. The van der Waals surface area contributed by atoms with E-state index in [1.807, 2.05) is 17.0 Å². The van der Waals surface area contributed by atoms with Gasteiger partial charge in [0.15, 0.2) is 0 Å². The first-order valence-electron chi connectivity index (χ1n) is 9.41. The van der Waals surface area contributed by atoms with Crippen LogP contribution in [0.25, 0.3) is 0 Å². The molecule has 0 radical (unpaired) electrons. The molecule has 2 heterocycles. The molecule has 0 aliphatic carbocycles. The lowest BCUT2D eigenvalue weighted by atomic mass is 10.0. The Kier molecular flexibility index (Phi) is 5.95. The van der Waals surface area contributed by atoms with Gasteiger partial charge in [-0.3, -0.25) is 9.59 Å². The van der Waals surface area contributed by atoms with Crippen LogP contribution in [0.2, 0.25) is 0 Å². The second-order valence-corrected chi connectivity index (χ2v) is 7.03. The highest BCUT2D eigenvalue weighted by Crippen LogP contribution is 2.25. The molecule has 0 unspecified atom stereocenters. The highest BCUT2D eigenvalue weighted by molar-refractivity contribution is 5.76. The zero-order valence-electron chi connectivity index (χ0n) is 15.1. The molecule has 0 atom stereocenters. The van der Waals surface area contributed by atoms with Crippen molar-refractivity contribution in [3.05, 3.63) is 29.3 Å². The van der Waals surface area contributed by atoms with E-state index >= 15 is 0 Å². The summed E-state index contributed by atoms with van der Waals surface area (Å²) >= 11 is 0. The largest absolute Gasteiger partial charge is 0.491 e. The Balaban J connectivity index is 1.61. The van der Waals surface area contributed by atoms with Crippen molar-refractivity contribution in [3.8, 4) is 5.75 Å². The van der Waals surface area contributed by atoms with Crippen LogP contribution in [0.4, 0.5) is 0 Å². The molecule has 0 N–H and O–H groups in total. The third-order valence-corrected chi connectivity index (χ3v) is 5.14. The standard InChI is InChI=1S/C20H28N2O3/c1-16(23)22-12-13-25-19-8-6-17(14-18(19)15-22)7-9-20(24)21-10-4-2-3-5-11-21/h6,8,14H,2-5,7,9-13,15H2,1H3. The van der Waals surface area contributed by atoms with Gasteiger partial charge >= 0.3 is 0 Å². The fraction of sp³-hybridized carbons (Fsp3) is 0.600. The van der Waals surface area contributed by atoms with Gasteiger partial charge in [-0.2, -0.15) is 0 Å². The van der Waals surface area contributed by atoms with Crippen LogP contribution in [0, 0.1) is 0 Å². The molecule has 2 aliphatic rings. The predicted octanol–water partition coefficient (Wildman–Crippen LogP) is 2.76. The minimum Gasteiger partial charge on any atom is -0.491 e. The molecule has 25 heavy (non-hydrogen) atoms. The quantitative estimate of drug-likeness (QED) is 0.847. The SMILES string of the molecule is CC(=O)N1CCOc2ccc(CCC(=O)N3CCCCCC3)cc2C1. The molecule has 1 aromatic rings. The normalized spacial score (nSPS) is 18.0. The Hall–Kier alpha value is -2.04. The highest BCUT2D eigenvalue weighted by atomic mass is 16.5. The van der Waals surface area contributed by atoms with Crippen LogP contribution in [0.1, 0.15) is 50.2 Å². The number of hydrogen-bond acceptors (Lipinski definition) is 3. The van der Waals surface area contributed by atoms with Crippen molar-refractivity contribution in [2.45, 2.75) is 52.0 Å². The van der Waals surface area contributed by atoms with Crippen LogP contribution in [0.3, 0.4) is 0 Å². The molecule has 5 nitrogen and oxygen atoms in total. The zero-order valence-corrected chi connectivity index (χ0v) is 15.1. The van der Waals surface area contributed by atoms with Crippen molar-refractivity contribution in [1.82, 2.24) is 9.80 Å². The molecule has 0 saturated carbocycles. The number of benzene rings is 1. The number of hydrogen-bond donors (Lipinski definition) is 0. The first kappa shape index (κ1) is 17.8. The summed E-state index contributed by atoms with van der Waals surface area (Å²) in [6, 6.07) is 6.11. The highest BCUT2D eigenvalue weighted by Gasteiger charge is 2.19. The zero-order chi connectivity index (χ0) is 17.6. The summed E-state index contributed by atoms with van der Waals surface area (Å²) in [4.78, 5) is 28.0. The summed E-state index contributed by atoms with van der Waals surface area (Å²) in [5, 5.41) is 0. The number of carbonyl (C=O) groups is 2. The van der Waals surface area contributed by atoms with E-state index in [4.69, 9.17) is 4.74 Å². The molecular formula is C20H28N2O3. The number of rotatable bonds is 3. The average Bonchev–Trinajstić information content (AvgIpc) is 3.00. The maximum absolute atomic E-state index is 12.5. The minimum atomic E-state index is 0.0678. The molecular weight excluding hydrogens is 316 g/mol. The van der Waals surface area contributed by atoms with E-state index in [0.29, 0.717) is 26.1 Å². The van der Waals surface area contributed by atoms with Gasteiger partial charge in [-0.05, 0) is 30.9 Å². The number of fused-ring (bicyclic) bond motifs is 1. The summed E-state index contributed by atoms with van der Waals surface area (Å²) in [5.41, 5.74) is 2.17. The minimum absolute atomic E-state index is 0.0678. The van der Waals surface area contributed by atoms with E-state index < -0.39 is 0 Å². The lowest BCUT2D eigenvalue weighted by Crippen LogP contribution is -2.31.